The lowest BCUT2D eigenvalue weighted by Gasteiger charge is -2.35. The number of para-hydroxylation sites is 1. The minimum absolute atomic E-state index is 0.0428. The predicted molar refractivity (Wildman–Crippen MR) is 77.6 cm³/mol. The lowest BCUT2D eigenvalue weighted by molar-refractivity contribution is 0.0604. The van der Waals surface area contributed by atoms with Gasteiger partial charge in [-0.25, -0.2) is 0 Å². The number of furan rings is 1. The third-order valence-corrected chi connectivity index (χ3v) is 4.54. The van der Waals surface area contributed by atoms with Gasteiger partial charge in [0.25, 0.3) is 5.91 Å². The van der Waals surface area contributed by atoms with Crippen molar-refractivity contribution in [2.24, 2.45) is 0 Å². The Morgan fingerprint density at radius 1 is 1.20 bits per heavy atom. The summed E-state index contributed by atoms with van der Waals surface area (Å²) in [5.41, 5.74) is 2.07. The lowest BCUT2D eigenvalue weighted by Crippen LogP contribution is -2.44. The van der Waals surface area contributed by atoms with Crippen LogP contribution in [0.3, 0.4) is 0 Å². The van der Waals surface area contributed by atoms with Crippen LogP contribution in [-0.2, 0) is 0 Å². The third kappa shape index (κ3) is 1.69. The molecule has 2 atom stereocenters. The van der Waals surface area contributed by atoms with E-state index in [1.165, 1.54) is 5.57 Å². The monoisotopic (exact) mass is 267 g/mol. The van der Waals surface area contributed by atoms with Crippen LogP contribution in [0.5, 0.6) is 0 Å². The maximum Gasteiger partial charge on any atom is 0.290 e. The molecule has 0 aliphatic carbocycles. The van der Waals surface area contributed by atoms with Crippen LogP contribution in [0, 0.1) is 0 Å². The molecule has 2 fully saturated rings. The van der Waals surface area contributed by atoms with E-state index in [2.05, 4.69) is 6.58 Å². The van der Waals surface area contributed by atoms with Crippen molar-refractivity contribution in [3.05, 3.63) is 48.2 Å². The van der Waals surface area contributed by atoms with Crippen molar-refractivity contribution < 1.29 is 9.21 Å². The van der Waals surface area contributed by atoms with Crippen molar-refractivity contribution in [2.45, 2.75) is 37.8 Å². The maximum atomic E-state index is 12.7. The van der Waals surface area contributed by atoms with Crippen LogP contribution in [0.4, 0.5) is 0 Å². The molecule has 0 spiro atoms. The fourth-order valence-corrected chi connectivity index (χ4v) is 3.66. The third-order valence-electron chi connectivity index (χ3n) is 4.54. The van der Waals surface area contributed by atoms with Gasteiger partial charge in [0, 0.05) is 17.5 Å². The maximum absolute atomic E-state index is 12.7. The number of fused-ring (bicyclic) bond motifs is 3. The molecule has 3 heteroatoms. The molecule has 2 unspecified atom stereocenters. The van der Waals surface area contributed by atoms with E-state index < -0.39 is 0 Å². The van der Waals surface area contributed by atoms with E-state index in [1.807, 2.05) is 35.2 Å². The number of carbonyl (C=O) groups excluding carboxylic acids is 1. The topological polar surface area (TPSA) is 33.5 Å². The molecule has 102 valence electrons. The zero-order chi connectivity index (χ0) is 13.7. The zero-order valence-electron chi connectivity index (χ0n) is 11.3. The Morgan fingerprint density at radius 3 is 2.60 bits per heavy atom. The summed E-state index contributed by atoms with van der Waals surface area (Å²) in [6.07, 6.45) is 4.08. The highest BCUT2D eigenvalue weighted by atomic mass is 16.3. The van der Waals surface area contributed by atoms with Crippen molar-refractivity contribution in [3.63, 3.8) is 0 Å². The fourth-order valence-electron chi connectivity index (χ4n) is 3.66. The van der Waals surface area contributed by atoms with Gasteiger partial charge in [0.05, 0.1) is 0 Å². The predicted octanol–water partition coefficient (Wildman–Crippen LogP) is 3.76. The second kappa shape index (κ2) is 4.23. The van der Waals surface area contributed by atoms with Gasteiger partial charge in [0.15, 0.2) is 5.76 Å². The van der Waals surface area contributed by atoms with Gasteiger partial charge >= 0.3 is 0 Å². The Bertz CT molecular complexity index is 651. The van der Waals surface area contributed by atoms with Gasteiger partial charge in [0.1, 0.15) is 5.58 Å². The Balaban J connectivity index is 1.69. The first kappa shape index (κ1) is 11.8. The molecule has 3 nitrogen and oxygen atoms in total. The molecule has 2 aliphatic heterocycles. The van der Waals surface area contributed by atoms with Crippen LogP contribution >= 0.6 is 0 Å². The standard InChI is InChI=1S/C17H17NO2/c1-11-8-13-6-7-14(9-11)18(13)17(19)16-10-12-4-2-3-5-15(12)20-16/h2-5,10,13-14H,1,6-9H2. The SMILES string of the molecule is C=C1CC2CCC(C1)N2C(=O)c1cc2ccccc2o1. The quantitative estimate of drug-likeness (QED) is 0.737. The summed E-state index contributed by atoms with van der Waals surface area (Å²) in [4.78, 5) is 14.8. The van der Waals surface area contributed by atoms with Gasteiger partial charge in [-0.3, -0.25) is 4.79 Å². The number of nitrogens with zero attached hydrogens (tertiary/aromatic N) is 1. The number of hydrogen-bond donors (Lipinski definition) is 0. The second-order valence-electron chi connectivity index (χ2n) is 5.90. The molecular weight excluding hydrogens is 250 g/mol. The van der Waals surface area contributed by atoms with Crippen LogP contribution in [0.1, 0.15) is 36.2 Å². The van der Waals surface area contributed by atoms with Gasteiger partial charge in [-0.15, -0.1) is 0 Å². The highest BCUT2D eigenvalue weighted by Crippen LogP contribution is 2.39. The van der Waals surface area contributed by atoms with Crippen LogP contribution in [-0.4, -0.2) is 22.9 Å². The normalized spacial score (nSPS) is 25.4. The molecule has 0 radical (unpaired) electrons. The molecular formula is C17H17NO2. The minimum Gasteiger partial charge on any atom is -0.451 e. The molecule has 20 heavy (non-hydrogen) atoms. The number of benzene rings is 1. The average Bonchev–Trinajstić information content (AvgIpc) is 2.98. The number of amides is 1. The van der Waals surface area contributed by atoms with Gasteiger partial charge in [0.2, 0.25) is 0 Å². The Morgan fingerprint density at radius 2 is 1.90 bits per heavy atom. The van der Waals surface area contributed by atoms with Crippen molar-refractivity contribution in [3.8, 4) is 0 Å². The summed E-state index contributed by atoms with van der Waals surface area (Å²) in [5.74, 6) is 0.511. The zero-order valence-corrected chi connectivity index (χ0v) is 11.3. The second-order valence-corrected chi connectivity index (χ2v) is 5.90. The Kier molecular flexibility index (Phi) is 2.49. The first-order valence-electron chi connectivity index (χ1n) is 7.20. The molecule has 2 aromatic rings. The van der Waals surface area contributed by atoms with E-state index in [0.717, 1.165) is 36.7 Å². The summed E-state index contributed by atoms with van der Waals surface area (Å²) < 4.78 is 5.72. The molecule has 0 saturated carbocycles. The molecule has 2 aliphatic rings. The van der Waals surface area contributed by atoms with E-state index in [-0.39, 0.29) is 5.91 Å². The highest BCUT2D eigenvalue weighted by Gasteiger charge is 2.41. The summed E-state index contributed by atoms with van der Waals surface area (Å²) in [7, 11) is 0. The van der Waals surface area contributed by atoms with E-state index in [0.29, 0.717) is 17.8 Å². The highest BCUT2D eigenvalue weighted by molar-refractivity contribution is 5.96. The van der Waals surface area contributed by atoms with Gasteiger partial charge in [-0.2, -0.15) is 0 Å². The molecule has 4 rings (SSSR count). The molecule has 0 N–H and O–H groups in total. The summed E-state index contributed by atoms with van der Waals surface area (Å²) >= 11 is 0. The van der Waals surface area contributed by atoms with Gasteiger partial charge in [-0.1, -0.05) is 30.4 Å². The average molecular weight is 267 g/mol. The van der Waals surface area contributed by atoms with Crippen molar-refractivity contribution >= 4 is 16.9 Å². The van der Waals surface area contributed by atoms with Crippen molar-refractivity contribution in [1.29, 1.82) is 0 Å². The summed E-state index contributed by atoms with van der Waals surface area (Å²) in [6.45, 7) is 4.09. The van der Waals surface area contributed by atoms with E-state index in [9.17, 15) is 4.79 Å². The van der Waals surface area contributed by atoms with Gasteiger partial charge in [-0.05, 0) is 37.8 Å². The lowest BCUT2D eigenvalue weighted by atomic mass is 9.98. The van der Waals surface area contributed by atoms with Crippen LogP contribution < -0.4 is 0 Å². The van der Waals surface area contributed by atoms with E-state index in [1.54, 1.807) is 0 Å². The smallest absolute Gasteiger partial charge is 0.290 e. The first-order valence-corrected chi connectivity index (χ1v) is 7.20. The summed E-state index contributed by atoms with van der Waals surface area (Å²) in [5, 5.41) is 0.990. The number of hydrogen-bond acceptors (Lipinski definition) is 2. The van der Waals surface area contributed by atoms with E-state index in [4.69, 9.17) is 4.42 Å². The Labute approximate surface area is 117 Å². The fraction of sp³-hybridized carbons (Fsp3) is 0.353. The van der Waals surface area contributed by atoms with Crippen LogP contribution in [0.25, 0.3) is 11.0 Å². The van der Waals surface area contributed by atoms with Crippen molar-refractivity contribution in [1.82, 2.24) is 4.90 Å². The van der Waals surface area contributed by atoms with E-state index >= 15 is 0 Å². The number of rotatable bonds is 1. The Hall–Kier alpha value is -2.03. The molecule has 1 amide bonds. The molecule has 1 aromatic heterocycles. The van der Waals surface area contributed by atoms with Crippen LogP contribution in [0.2, 0.25) is 0 Å². The minimum atomic E-state index is 0.0428. The van der Waals surface area contributed by atoms with Crippen molar-refractivity contribution in [2.75, 3.05) is 0 Å². The van der Waals surface area contributed by atoms with Crippen LogP contribution in [0.15, 0.2) is 46.9 Å². The largest absolute Gasteiger partial charge is 0.451 e. The number of carbonyl (C=O) groups is 1. The van der Waals surface area contributed by atoms with Gasteiger partial charge < -0.3 is 9.32 Å². The molecule has 1 aromatic carbocycles. The summed E-state index contributed by atoms with van der Waals surface area (Å²) in [6, 6.07) is 10.3. The molecule has 3 heterocycles. The molecule has 2 saturated heterocycles. The number of piperidine rings is 1. The first-order chi connectivity index (χ1) is 9.72. The molecule has 2 bridgehead atoms.